The first kappa shape index (κ1) is 13.5. The highest BCUT2D eigenvalue weighted by atomic mass is 16.3. The number of anilines is 1. The highest BCUT2D eigenvalue weighted by molar-refractivity contribution is 5.56. The molecular weight excluding hydrogens is 214 g/mol. The van der Waals surface area contributed by atoms with Crippen LogP contribution in [0.2, 0.25) is 0 Å². The molecular formula is C13H19N3O. The van der Waals surface area contributed by atoms with E-state index in [9.17, 15) is 0 Å². The average molecular weight is 233 g/mol. The van der Waals surface area contributed by atoms with Gasteiger partial charge in [0.15, 0.2) is 0 Å². The van der Waals surface area contributed by atoms with Gasteiger partial charge < -0.3 is 10.4 Å². The van der Waals surface area contributed by atoms with Crippen LogP contribution in [0.3, 0.4) is 0 Å². The number of rotatable bonds is 5. The quantitative estimate of drug-likeness (QED) is 0.764. The van der Waals surface area contributed by atoms with Gasteiger partial charge in [0.1, 0.15) is 11.9 Å². The number of aromatic nitrogens is 1. The number of pyridine rings is 1. The van der Waals surface area contributed by atoms with Crippen LogP contribution in [0.4, 0.5) is 5.82 Å². The van der Waals surface area contributed by atoms with E-state index in [-0.39, 0.29) is 6.10 Å². The smallest absolute Gasteiger partial charge is 0.144 e. The van der Waals surface area contributed by atoms with Gasteiger partial charge in [-0.25, -0.2) is 4.98 Å². The number of aliphatic hydroxyl groups excluding tert-OH is 1. The van der Waals surface area contributed by atoms with Crippen molar-refractivity contribution in [3.05, 3.63) is 22.9 Å². The molecule has 17 heavy (non-hydrogen) atoms. The van der Waals surface area contributed by atoms with Gasteiger partial charge in [-0.2, -0.15) is 5.26 Å². The number of hydrogen-bond acceptors (Lipinski definition) is 4. The van der Waals surface area contributed by atoms with Crippen molar-refractivity contribution in [2.45, 2.75) is 39.7 Å². The number of nitrogens with zero attached hydrogens (tertiary/aromatic N) is 2. The second-order valence-electron chi connectivity index (χ2n) is 4.33. The Bertz CT molecular complexity index is 421. The van der Waals surface area contributed by atoms with Crippen LogP contribution in [-0.2, 0) is 0 Å². The van der Waals surface area contributed by atoms with Gasteiger partial charge in [0.2, 0.25) is 0 Å². The molecule has 0 saturated heterocycles. The average Bonchev–Trinajstić information content (AvgIpc) is 2.23. The van der Waals surface area contributed by atoms with E-state index in [1.54, 1.807) is 6.92 Å². The highest BCUT2D eigenvalue weighted by Crippen LogP contribution is 2.17. The maximum Gasteiger partial charge on any atom is 0.144 e. The predicted molar refractivity (Wildman–Crippen MR) is 67.8 cm³/mol. The zero-order chi connectivity index (χ0) is 12.8. The number of hydrogen-bond donors (Lipinski definition) is 2. The molecule has 0 aliphatic heterocycles. The summed E-state index contributed by atoms with van der Waals surface area (Å²) >= 11 is 0. The summed E-state index contributed by atoms with van der Waals surface area (Å²) in [4.78, 5) is 4.33. The third-order valence-corrected chi connectivity index (χ3v) is 2.55. The maximum atomic E-state index is 9.14. The molecule has 1 rings (SSSR count). The Morgan fingerprint density at radius 2 is 2.24 bits per heavy atom. The lowest BCUT2D eigenvalue weighted by molar-refractivity contribution is 0.183. The summed E-state index contributed by atoms with van der Waals surface area (Å²) in [5, 5.41) is 21.4. The van der Waals surface area contributed by atoms with Crippen molar-refractivity contribution in [1.29, 1.82) is 5.26 Å². The Morgan fingerprint density at radius 1 is 1.53 bits per heavy atom. The number of nitrogens with one attached hydrogen (secondary N) is 1. The Morgan fingerprint density at radius 3 is 2.82 bits per heavy atom. The van der Waals surface area contributed by atoms with E-state index in [1.807, 2.05) is 19.9 Å². The summed E-state index contributed by atoms with van der Waals surface area (Å²) in [6.07, 6.45) is 1.33. The molecule has 1 aromatic rings. The molecule has 92 valence electrons. The standard InChI is InChI=1S/C13H19N3O/c1-9-7-10(2)16-13(12(9)8-14)15-6-4-5-11(3)17/h7,11,17H,4-6H2,1-3H3,(H,15,16). The van der Waals surface area contributed by atoms with Crippen molar-refractivity contribution in [2.75, 3.05) is 11.9 Å². The number of aryl methyl sites for hydroxylation is 2. The normalized spacial score (nSPS) is 11.9. The fourth-order valence-electron chi connectivity index (χ4n) is 1.71. The molecule has 1 unspecified atom stereocenters. The molecule has 0 amide bonds. The summed E-state index contributed by atoms with van der Waals surface area (Å²) in [7, 11) is 0. The monoisotopic (exact) mass is 233 g/mol. The zero-order valence-electron chi connectivity index (χ0n) is 10.6. The predicted octanol–water partition coefficient (Wildman–Crippen LogP) is 2.14. The summed E-state index contributed by atoms with van der Waals surface area (Å²) in [6.45, 7) is 6.31. The number of nitriles is 1. The van der Waals surface area contributed by atoms with Crippen LogP contribution >= 0.6 is 0 Å². The van der Waals surface area contributed by atoms with Gasteiger partial charge in [0.05, 0.1) is 11.7 Å². The van der Waals surface area contributed by atoms with Gasteiger partial charge in [0, 0.05) is 12.2 Å². The van der Waals surface area contributed by atoms with Crippen molar-refractivity contribution in [1.82, 2.24) is 4.98 Å². The second-order valence-corrected chi connectivity index (χ2v) is 4.33. The minimum atomic E-state index is -0.278. The molecule has 0 bridgehead atoms. The lowest BCUT2D eigenvalue weighted by Crippen LogP contribution is -2.09. The Hall–Kier alpha value is -1.60. The molecule has 4 nitrogen and oxygen atoms in total. The van der Waals surface area contributed by atoms with E-state index >= 15 is 0 Å². The summed E-state index contributed by atoms with van der Waals surface area (Å²) in [5.74, 6) is 0.649. The number of aliphatic hydroxyl groups is 1. The van der Waals surface area contributed by atoms with Crippen LogP contribution in [0.1, 0.15) is 36.6 Å². The minimum absolute atomic E-state index is 0.278. The van der Waals surface area contributed by atoms with Crippen LogP contribution < -0.4 is 5.32 Å². The van der Waals surface area contributed by atoms with Crippen molar-refractivity contribution in [3.8, 4) is 6.07 Å². The van der Waals surface area contributed by atoms with E-state index in [0.29, 0.717) is 11.4 Å². The zero-order valence-corrected chi connectivity index (χ0v) is 10.6. The van der Waals surface area contributed by atoms with Gasteiger partial charge in [-0.1, -0.05) is 0 Å². The Labute approximate surface area is 102 Å². The molecule has 2 N–H and O–H groups in total. The maximum absolute atomic E-state index is 9.14. The molecule has 0 saturated carbocycles. The van der Waals surface area contributed by atoms with Gasteiger partial charge in [-0.15, -0.1) is 0 Å². The largest absolute Gasteiger partial charge is 0.393 e. The van der Waals surface area contributed by atoms with Crippen molar-refractivity contribution in [3.63, 3.8) is 0 Å². The first-order valence-corrected chi connectivity index (χ1v) is 5.85. The molecule has 0 radical (unpaired) electrons. The molecule has 1 aromatic heterocycles. The van der Waals surface area contributed by atoms with Crippen LogP contribution in [0.25, 0.3) is 0 Å². The van der Waals surface area contributed by atoms with Crippen molar-refractivity contribution >= 4 is 5.82 Å². The fourth-order valence-corrected chi connectivity index (χ4v) is 1.71. The van der Waals surface area contributed by atoms with E-state index in [4.69, 9.17) is 10.4 Å². The fraction of sp³-hybridized carbons (Fsp3) is 0.538. The van der Waals surface area contributed by atoms with E-state index in [2.05, 4.69) is 16.4 Å². The van der Waals surface area contributed by atoms with E-state index in [0.717, 1.165) is 30.6 Å². The first-order valence-electron chi connectivity index (χ1n) is 5.85. The summed E-state index contributed by atoms with van der Waals surface area (Å²) in [5.41, 5.74) is 2.45. The molecule has 0 aromatic carbocycles. The molecule has 0 spiro atoms. The van der Waals surface area contributed by atoms with E-state index < -0.39 is 0 Å². The Balaban J connectivity index is 2.67. The molecule has 0 aliphatic rings. The summed E-state index contributed by atoms with van der Waals surface area (Å²) < 4.78 is 0. The highest BCUT2D eigenvalue weighted by Gasteiger charge is 2.07. The first-order chi connectivity index (χ1) is 8.04. The summed E-state index contributed by atoms with van der Waals surface area (Å²) in [6, 6.07) is 4.07. The lowest BCUT2D eigenvalue weighted by Gasteiger charge is -2.10. The molecule has 4 heteroatoms. The molecule has 1 atom stereocenters. The van der Waals surface area contributed by atoms with Gasteiger partial charge in [0.25, 0.3) is 0 Å². The molecule has 0 fully saturated rings. The van der Waals surface area contributed by atoms with Crippen LogP contribution in [-0.4, -0.2) is 22.7 Å². The third-order valence-electron chi connectivity index (χ3n) is 2.55. The second kappa shape index (κ2) is 6.21. The van der Waals surface area contributed by atoms with Gasteiger partial charge in [-0.05, 0) is 45.2 Å². The van der Waals surface area contributed by atoms with Crippen LogP contribution in [0, 0.1) is 25.2 Å². The van der Waals surface area contributed by atoms with Crippen molar-refractivity contribution < 1.29 is 5.11 Å². The van der Waals surface area contributed by atoms with Crippen molar-refractivity contribution in [2.24, 2.45) is 0 Å². The van der Waals surface area contributed by atoms with Gasteiger partial charge >= 0.3 is 0 Å². The van der Waals surface area contributed by atoms with Crippen LogP contribution in [0.5, 0.6) is 0 Å². The van der Waals surface area contributed by atoms with Gasteiger partial charge in [-0.3, -0.25) is 0 Å². The molecule has 1 heterocycles. The minimum Gasteiger partial charge on any atom is -0.393 e. The molecule has 0 aliphatic carbocycles. The Kier molecular flexibility index (Phi) is 4.92. The lowest BCUT2D eigenvalue weighted by atomic mass is 10.1. The SMILES string of the molecule is Cc1cc(C)c(C#N)c(NCCCC(C)O)n1. The van der Waals surface area contributed by atoms with E-state index in [1.165, 1.54) is 0 Å². The topological polar surface area (TPSA) is 68.9 Å². The van der Waals surface area contributed by atoms with Crippen LogP contribution in [0.15, 0.2) is 6.07 Å². The third kappa shape index (κ3) is 4.04.